The van der Waals surface area contributed by atoms with Crippen LogP contribution >= 0.6 is 0 Å². The van der Waals surface area contributed by atoms with Gasteiger partial charge in [-0.1, -0.05) is 30.3 Å². The number of carbonyl (C=O) groups is 1. The molecule has 0 heterocycles. The molecule has 1 aromatic rings. The number of ether oxygens (including phenoxy) is 1. The summed E-state index contributed by atoms with van der Waals surface area (Å²) in [7, 11) is -3.55. The van der Waals surface area contributed by atoms with Crippen molar-refractivity contribution in [3.63, 3.8) is 0 Å². The lowest BCUT2D eigenvalue weighted by atomic mass is 10.0. The van der Waals surface area contributed by atoms with Gasteiger partial charge in [-0.3, -0.25) is 4.18 Å². The molecule has 0 aliphatic heterocycles. The molecule has 1 amide bonds. The van der Waals surface area contributed by atoms with E-state index in [-0.39, 0.29) is 0 Å². The summed E-state index contributed by atoms with van der Waals surface area (Å²) in [5.74, 6) is 0. The van der Waals surface area contributed by atoms with Crippen LogP contribution in [0.1, 0.15) is 45.7 Å². The van der Waals surface area contributed by atoms with E-state index in [2.05, 4.69) is 5.32 Å². The predicted molar refractivity (Wildman–Crippen MR) is 88.6 cm³/mol. The zero-order chi connectivity index (χ0) is 17.7. The SMILES string of the molecule is CC(C[C@H](NC(=O)OC(C)(C)C)c1ccccc1)OS(C)(=O)=O. The maximum absolute atomic E-state index is 12.0. The largest absolute Gasteiger partial charge is 0.444 e. The Kier molecular flexibility index (Phi) is 6.58. The second kappa shape index (κ2) is 7.79. The lowest BCUT2D eigenvalue weighted by molar-refractivity contribution is 0.0491. The molecule has 0 bridgehead atoms. The Labute approximate surface area is 138 Å². The van der Waals surface area contributed by atoms with Crippen LogP contribution in [0.15, 0.2) is 30.3 Å². The first-order valence-corrected chi connectivity index (χ1v) is 9.20. The first-order chi connectivity index (χ1) is 10.5. The summed E-state index contributed by atoms with van der Waals surface area (Å²) in [4.78, 5) is 12.0. The number of hydrogen-bond donors (Lipinski definition) is 1. The fourth-order valence-corrected chi connectivity index (χ4v) is 2.76. The Bertz CT molecular complexity index is 607. The zero-order valence-electron chi connectivity index (χ0n) is 14.2. The van der Waals surface area contributed by atoms with Gasteiger partial charge in [0.2, 0.25) is 0 Å². The number of rotatable bonds is 6. The average Bonchev–Trinajstić information content (AvgIpc) is 2.34. The highest BCUT2D eigenvalue weighted by Gasteiger charge is 2.23. The van der Waals surface area contributed by atoms with Crippen LogP contribution in [0, 0.1) is 0 Å². The summed E-state index contributed by atoms with van der Waals surface area (Å²) in [6.07, 6.45) is 0.168. The minimum absolute atomic E-state index is 0.302. The number of benzene rings is 1. The first-order valence-electron chi connectivity index (χ1n) is 7.39. The van der Waals surface area contributed by atoms with Gasteiger partial charge in [0.05, 0.1) is 18.4 Å². The third-order valence-corrected chi connectivity index (χ3v) is 3.48. The number of amides is 1. The third-order valence-electron chi connectivity index (χ3n) is 2.80. The zero-order valence-corrected chi connectivity index (χ0v) is 15.0. The summed E-state index contributed by atoms with van der Waals surface area (Å²) in [6, 6.07) is 8.86. The molecule has 0 aliphatic rings. The lowest BCUT2D eigenvalue weighted by Crippen LogP contribution is -2.36. The van der Waals surface area contributed by atoms with Crippen LogP contribution in [-0.2, 0) is 19.0 Å². The van der Waals surface area contributed by atoms with Gasteiger partial charge in [-0.15, -0.1) is 0 Å². The molecule has 0 saturated carbocycles. The van der Waals surface area contributed by atoms with Gasteiger partial charge in [0.25, 0.3) is 10.1 Å². The number of nitrogens with one attached hydrogen (secondary N) is 1. The van der Waals surface area contributed by atoms with Gasteiger partial charge in [0.1, 0.15) is 5.60 Å². The van der Waals surface area contributed by atoms with E-state index in [4.69, 9.17) is 8.92 Å². The summed E-state index contributed by atoms with van der Waals surface area (Å²) < 4.78 is 32.7. The van der Waals surface area contributed by atoms with Gasteiger partial charge in [-0.25, -0.2) is 4.79 Å². The van der Waals surface area contributed by atoms with Gasteiger partial charge >= 0.3 is 6.09 Å². The fourth-order valence-electron chi connectivity index (χ4n) is 2.08. The Balaban J connectivity index is 2.84. The minimum Gasteiger partial charge on any atom is -0.444 e. The van der Waals surface area contributed by atoms with Crippen molar-refractivity contribution < 1.29 is 22.1 Å². The Morgan fingerprint density at radius 1 is 1.22 bits per heavy atom. The highest BCUT2D eigenvalue weighted by Crippen LogP contribution is 2.21. The maximum Gasteiger partial charge on any atom is 0.408 e. The van der Waals surface area contributed by atoms with Crippen molar-refractivity contribution in [3.8, 4) is 0 Å². The van der Waals surface area contributed by atoms with E-state index in [1.165, 1.54) is 0 Å². The molecular formula is C16H25NO5S. The summed E-state index contributed by atoms with van der Waals surface area (Å²) >= 11 is 0. The molecule has 0 aromatic heterocycles. The molecular weight excluding hydrogens is 318 g/mol. The minimum atomic E-state index is -3.55. The quantitative estimate of drug-likeness (QED) is 0.803. The van der Waals surface area contributed by atoms with E-state index in [1.54, 1.807) is 27.7 Å². The first kappa shape index (κ1) is 19.4. The molecule has 0 fully saturated rings. The van der Waals surface area contributed by atoms with Crippen molar-refractivity contribution in [3.05, 3.63) is 35.9 Å². The predicted octanol–water partition coefficient (Wildman–Crippen LogP) is 3.01. The van der Waals surface area contributed by atoms with E-state index < -0.39 is 34.0 Å². The van der Waals surface area contributed by atoms with Gasteiger partial charge in [-0.05, 0) is 39.7 Å². The van der Waals surface area contributed by atoms with Gasteiger partial charge in [-0.2, -0.15) is 8.42 Å². The molecule has 0 spiro atoms. The Morgan fingerprint density at radius 3 is 2.26 bits per heavy atom. The average molecular weight is 343 g/mol. The van der Waals surface area contributed by atoms with E-state index >= 15 is 0 Å². The molecule has 23 heavy (non-hydrogen) atoms. The van der Waals surface area contributed by atoms with Crippen molar-refractivity contribution >= 4 is 16.2 Å². The Morgan fingerprint density at radius 2 is 1.78 bits per heavy atom. The second-order valence-electron chi connectivity index (χ2n) is 6.46. The van der Waals surface area contributed by atoms with Crippen LogP contribution in [-0.4, -0.2) is 32.5 Å². The number of carbonyl (C=O) groups excluding carboxylic acids is 1. The normalized spacial score (nSPS) is 14.8. The highest BCUT2D eigenvalue weighted by atomic mass is 32.2. The van der Waals surface area contributed by atoms with Gasteiger partial charge in [0, 0.05) is 0 Å². The second-order valence-corrected chi connectivity index (χ2v) is 8.06. The number of alkyl carbamates (subject to hydrolysis) is 1. The molecule has 1 rings (SSSR count). The molecule has 7 heteroatoms. The molecule has 2 atom stereocenters. The van der Waals surface area contributed by atoms with E-state index in [0.717, 1.165) is 11.8 Å². The molecule has 0 saturated heterocycles. The van der Waals surface area contributed by atoms with Crippen molar-refractivity contribution in [2.75, 3.05) is 6.26 Å². The summed E-state index contributed by atoms with van der Waals surface area (Å²) in [6.45, 7) is 6.98. The van der Waals surface area contributed by atoms with E-state index in [9.17, 15) is 13.2 Å². The van der Waals surface area contributed by atoms with Crippen molar-refractivity contribution in [1.29, 1.82) is 0 Å². The van der Waals surface area contributed by atoms with Crippen LogP contribution in [0.4, 0.5) is 4.79 Å². The number of hydrogen-bond acceptors (Lipinski definition) is 5. The summed E-state index contributed by atoms with van der Waals surface area (Å²) in [5.41, 5.74) is 0.238. The lowest BCUT2D eigenvalue weighted by Gasteiger charge is -2.25. The molecule has 0 aliphatic carbocycles. The van der Waals surface area contributed by atoms with Crippen LogP contribution in [0.3, 0.4) is 0 Å². The third kappa shape index (κ3) is 8.56. The molecule has 1 N–H and O–H groups in total. The standard InChI is InChI=1S/C16H25NO5S/c1-12(22-23(5,19)20)11-14(13-9-7-6-8-10-13)17-15(18)21-16(2,3)4/h6-10,12,14H,11H2,1-5H3,(H,17,18)/t12?,14-/m0/s1. The smallest absolute Gasteiger partial charge is 0.408 e. The Hall–Kier alpha value is -1.60. The van der Waals surface area contributed by atoms with E-state index in [0.29, 0.717) is 6.42 Å². The van der Waals surface area contributed by atoms with E-state index in [1.807, 2.05) is 30.3 Å². The van der Waals surface area contributed by atoms with Gasteiger partial charge in [0.15, 0.2) is 0 Å². The van der Waals surface area contributed by atoms with Crippen molar-refractivity contribution in [2.24, 2.45) is 0 Å². The molecule has 6 nitrogen and oxygen atoms in total. The topological polar surface area (TPSA) is 81.7 Å². The molecule has 0 radical (unpaired) electrons. The van der Waals surface area contributed by atoms with Crippen molar-refractivity contribution in [1.82, 2.24) is 5.32 Å². The summed E-state index contributed by atoms with van der Waals surface area (Å²) in [5, 5.41) is 2.77. The molecule has 1 aromatic carbocycles. The van der Waals surface area contributed by atoms with Crippen LogP contribution in [0.25, 0.3) is 0 Å². The maximum atomic E-state index is 12.0. The van der Waals surface area contributed by atoms with Crippen LogP contribution < -0.4 is 5.32 Å². The van der Waals surface area contributed by atoms with Crippen LogP contribution in [0.5, 0.6) is 0 Å². The highest BCUT2D eigenvalue weighted by molar-refractivity contribution is 7.86. The fraction of sp³-hybridized carbons (Fsp3) is 0.562. The molecule has 130 valence electrons. The van der Waals surface area contributed by atoms with Crippen molar-refractivity contribution in [2.45, 2.75) is 51.9 Å². The monoisotopic (exact) mass is 343 g/mol. The molecule has 1 unspecified atom stereocenters. The van der Waals surface area contributed by atoms with Crippen LogP contribution in [0.2, 0.25) is 0 Å². The van der Waals surface area contributed by atoms with Gasteiger partial charge < -0.3 is 10.1 Å².